The van der Waals surface area contributed by atoms with Gasteiger partial charge >= 0.3 is 5.97 Å². The Bertz CT molecular complexity index is 917. The van der Waals surface area contributed by atoms with Crippen molar-refractivity contribution in [2.24, 2.45) is 0 Å². The molecule has 4 rings (SSSR count). The van der Waals surface area contributed by atoms with Crippen LogP contribution < -0.4 is 4.90 Å². The third kappa shape index (κ3) is 3.57. The van der Waals surface area contributed by atoms with Gasteiger partial charge in [0.05, 0.1) is 6.42 Å². The minimum absolute atomic E-state index is 0.124. The van der Waals surface area contributed by atoms with Crippen LogP contribution in [-0.2, 0) is 11.2 Å². The molecule has 3 heteroatoms. The van der Waals surface area contributed by atoms with Crippen molar-refractivity contribution < 1.29 is 9.90 Å². The number of benzene rings is 3. The smallest absolute Gasteiger partial charge is 0.305 e. The van der Waals surface area contributed by atoms with E-state index in [9.17, 15) is 4.79 Å². The number of hydrogen-bond acceptors (Lipinski definition) is 2. The first kappa shape index (κ1) is 16.6. The summed E-state index contributed by atoms with van der Waals surface area (Å²) in [5.41, 5.74) is 3.72. The minimum Gasteiger partial charge on any atom is -0.481 e. The molecule has 1 unspecified atom stereocenters. The maximum Gasteiger partial charge on any atom is 0.305 e. The van der Waals surface area contributed by atoms with Crippen LogP contribution in [0.1, 0.15) is 30.4 Å². The first-order chi connectivity index (χ1) is 12.7. The van der Waals surface area contributed by atoms with E-state index < -0.39 is 5.97 Å². The van der Waals surface area contributed by atoms with Crippen LogP contribution in [0.15, 0.2) is 66.7 Å². The molecule has 26 heavy (non-hydrogen) atoms. The van der Waals surface area contributed by atoms with Gasteiger partial charge in [0.1, 0.15) is 0 Å². The van der Waals surface area contributed by atoms with Crippen molar-refractivity contribution >= 4 is 22.4 Å². The molecule has 0 amide bonds. The van der Waals surface area contributed by atoms with Crippen molar-refractivity contribution in [1.29, 1.82) is 0 Å². The Kier molecular flexibility index (Phi) is 4.61. The SMILES string of the molecule is O=C(O)CC1CCCN1c1ccc(Cc2ccc3ccccc3c2)cc1. The molecule has 1 N–H and O–H groups in total. The molecule has 0 aliphatic carbocycles. The highest BCUT2D eigenvalue weighted by molar-refractivity contribution is 5.83. The van der Waals surface area contributed by atoms with Crippen LogP contribution >= 0.6 is 0 Å². The standard InChI is InChI=1S/C23H23NO2/c25-23(26)16-22-6-3-13-24(22)21-11-8-17(9-12-21)14-18-7-10-19-4-1-2-5-20(19)15-18/h1-2,4-5,7-12,15,22H,3,6,13-14,16H2,(H,25,26). The maximum absolute atomic E-state index is 11.1. The normalized spacial score (nSPS) is 16.9. The van der Waals surface area contributed by atoms with Gasteiger partial charge in [-0.2, -0.15) is 0 Å². The van der Waals surface area contributed by atoms with E-state index in [1.807, 2.05) is 0 Å². The number of rotatable bonds is 5. The van der Waals surface area contributed by atoms with Crippen LogP contribution in [0, 0.1) is 0 Å². The Hall–Kier alpha value is -2.81. The molecule has 1 atom stereocenters. The highest BCUT2D eigenvalue weighted by Gasteiger charge is 2.26. The molecule has 0 radical (unpaired) electrons. The summed E-state index contributed by atoms with van der Waals surface area (Å²) in [5, 5.41) is 11.6. The Balaban J connectivity index is 1.49. The molecular formula is C23H23NO2. The number of anilines is 1. The van der Waals surface area contributed by atoms with Crippen molar-refractivity contribution in [1.82, 2.24) is 0 Å². The number of carbonyl (C=O) groups is 1. The summed E-state index contributed by atoms with van der Waals surface area (Å²) >= 11 is 0. The topological polar surface area (TPSA) is 40.5 Å². The second-order valence-electron chi connectivity index (χ2n) is 7.11. The first-order valence-electron chi connectivity index (χ1n) is 9.24. The van der Waals surface area contributed by atoms with Gasteiger partial charge in [-0.25, -0.2) is 0 Å². The van der Waals surface area contributed by atoms with E-state index in [2.05, 4.69) is 71.6 Å². The van der Waals surface area contributed by atoms with Crippen LogP contribution in [0.4, 0.5) is 5.69 Å². The van der Waals surface area contributed by atoms with Gasteiger partial charge in [-0.3, -0.25) is 4.79 Å². The van der Waals surface area contributed by atoms with Gasteiger partial charge in [0.25, 0.3) is 0 Å². The van der Waals surface area contributed by atoms with Gasteiger partial charge in [-0.05, 0) is 53.3 Å². The second-order valence-corrected chi connectivity index (χ2v) is 7.11. The number of nitrogens with zero attached hydrogens (tertiary/aromatic N) is 1. The predicted octanol–water partition coefficient (Wildman–Crippen LogP) is 4.87. The quantitative estimate of drug-likeness (QED) is 0.717. The second kappa shape index (κ2) is 7.20. The lowest BCUT2D eigenvalue weighted by atomic mass is 10.0. The number of hydrogen-bond donors (Lipinski definition) is 1. The van der Waals surface area contributed by atoms with E-state index in [0.717, 1.165) is 31.5 Å². The molecule has 0 aromatic heterocycles. The van der Waals surface area contributed by atoms with E-state index in [1.165, 1.54) is 21.9 Å². The van der Waals surface area contributed by atoms with E-state index in [-0.39, 0.29) is 12.5 Å². The van der Waals surface area contributed by atoms with Crippen LogP contribution in [-0.4, -0.2) is 23.7 Å². The molecule has 0 bridgehead atoms. The fourth-order valence-electron chi connectivity index (χ4n) is 3.98. The Morgan fingerprint density at radius 1 is 0.962 bits per heavy atom. The first-order valence-corrected chi connectivity index (χ1v) is 9.24. The largest absolute Gasteiger partial charge is 0.481 e. The average molecular weight is 345 g/mol. The lowest BCUT2D eigenvalue weighted by molar-refractivity contribution is -0.137. The van der Waals surface area contributed by atoms with Crippen molar-refractivity contribution in [3.05, 3.63) is 77.9 Å². The predicted molar refractivity (Wildman–Crippen MR) is 106 cm³/mol. The summed E-state index contributed by atoms with van der Waals surface area (Å²) in [7, 11) is 0. The summed E-state index contributed by atoms with van der Waals surface area (Å²) in [6.45, 7) is 0.946. The molecule has 1 heterocycles. The van der Waals surface area contributed by atoms with E-state index in [0.29, 0.717) is 0 Å². The number of carboxylic acids is 1. The van der Waals surface area contributed by atoms with Crippen molar-refractivity contribution in [3.8, 4) is 0 Å². The van der Waals surface area contributed by atoms with Crippen LogP contribution in [0.5, 0.6) is 0 Å². The van der Waals surface area contributed by atoms with Gasteiger partial charge in [-0.15, -0.1) is 0 Å². The minimum atomic E-state index is -0.713. The van der Waals surface area contributed by atoms with Crippen LogP contribution in [0.3, 0.4) is 0 Å². The van der Waals surface area contributed by atoms with Crippen LogP contribution in [0.2, 0.25) is 0 Å². The zero-order valence-corrected chi connectivity index (χ0v) is 14.8. The highest BCUT2D eigenvalue weighted by Crippen LogP contribution is 2.28. The number of carboxylic acid groups (broad SMARTS) is 1. The molecule has 3 nitrogen and oxygen atoms in total. The van der Waals surface area contributed by atoms with Gasteiger partial charge in [0, 0.05) is 18.3 Å². The Morgan fingerprint density at radius 3 is 2.46 bits per heavy atom. The Labute approximate surface area is 153 Å². The van der Waals surface area contributed by atoms with Gasteiger partial charge < -0.3 is 10.0 Å². The molecule has 0 spiro atoms. The molecular weight excluding hydrogens is 322 g/mol. The third-order valence-corrected chi connectivity index (χ3v) is 5.28. The maximum atomic E-state index is 11.1. The zero-order chi connectivity index (χ0) is 17.9. The summed E-state index contributed by atoms with van der Waals surface area (Å²) in [6, 6.07) is 23.8. The monoisotopic (exact) mass is 345 g/mol. The van der Waals surface area contributed by atoms with Crippen molar-refractivity contribution in [2.45, 2.75) is 31.7 Å². The summed E-state index contributed by atoms with van der Waals surface area (Å²) < 4.78 is 0. The molecule has 3 aromatic rings. The molecule has 1 fully saturated rings. The molecule has 1 saturated heterocycles. The van der Waals surface area contributed by atoms with Gasteiger partial charge in [-0.1, -0.05) is 54.6 Å². The van der Waals surface area contributed by atoms with E-state index in [1.54, 1.807) is 0 Å². The van der Waals surface area contributed by atoms with Gasteiger partial charge in [0.15, 0.2) is 0 Å². The van der Waals surface area contributed by atoms with E-state index >= 15 is 0 Å². The fourth-order valence-corrected chi connectivity index (χ4v) is 3.98. The zero-order valence-electron chi connectivity index (χ0n) is 14.8. The van der Waals surface area contributed by atoms with Crippen molar-refractivity contribution in [3.63, 3.8) is 0 Å². The lowest BCUT2D eigenvalue weighted by Crippen LogP contribution is -2.31. The van der Waals surface area contributed by atoms with E-state index in [4.69, 9.17) is 5.11 Å². The van der Waals surface area contributed by atoms with Crippen LogP contribution in [0.25, 0.3) is 10.8 Å². The fraction of sp³-hybridized carbons (Fsp3) is 0.261. The Morgan fingerprint density at radius 2 is 1.69 bits per heavy atom. The summed E-state index contributed by atoms with van der Waals surface area (Å²) in [4.78, 5) is 13.3. The molecule has 3 aromatic carbocycles. The summed E-state index contributed by atoms with van der Waals surface area (Å²) in [6.07, 6.45) is 3.16. The average Bonchev–Trinajstić information content (AvgIpc) is 3.10. The summed E-state index contributed by atoms with van der Waals surface area (Å²) in [5.74, 6) is -0.713. The lowest BCUT2D eigenvalue weighted by Gasteiger charge is -2.26. The number of aliphatic carboxylic acids is 1. The van der Waals surface area contributed by atoms with Gasteiger partial charge in [0.2, 0.25) is 0 Å². The molecule has 132 valence electrons. The van der Waals surface area contributed by atoms with Crippen molar-refractivity contribution in [2.75, 3.05) is 11.4 Å². The third-order valence-electron chi connectivity index (χ3n) is 5.28. The highest BCUT2D eigenvalue weighted by atomic mass is 16.4. The molecule has 1 aliphatic rings. The number of fused-ring (bicyclic) bond motifs is 1. The molecule has 0 saturated carbocycles. The molecule has 1 aliphatic heterocycles.